The molecule has 0 aromatic carbocycles. The first-order valence-corrected chi connectivity index (χ1v) is 22.7. The Morgan fingerprint density at radius 3 is 2.23 bits per heavy atom. The van der Waals surface area contributed by atoms with Gasteiger partial charge in [-0.05, 0) is 88.7 Å². The van der Waals surface area contributed by atoms with E-state index in [1.54, 1.807) is 0 Å². The molecule has 0 spiro atoms. The molecule has 3 aromatic rings. The van der Waals surface area contributed by atoms with Crippen molar-refractivity contribution in [1.29, 1.82) is 0 Å². The van der Waals surface area contributed by atoms with E-state index in [1.165, 1.54) is 51.2 Å². The quantitative estimate of drug-likeness (QED) is 0.0537. The van der Waals surface area contributed by atoms with Gasteiger partial charge < -0.3 is 29.7 Å². The van der Waals surface area contributed by atoms with Gasteiger partial charge in [0.05, 0.1) is 7.11 Å². The van der Waals surface area contributed by atoms with Gasteiger partial charge in [0.25, 0.3) is 0 Å². The minimum Gasteiger partial charge on any atom is -0.664 e. The van der Waals surface area contributed by atoms with Crippen molar-refractivity contribution < 1.29 is 23.9 Å². The summed E-state index contributed by atoms with van der Waals surface area (Å²) in [7, 11) is 1.29. The largest absolute Gasteiger partial charge is 2.00 e. The van der Waals surface area contributed by atoms with Crippen molar-refractivity contribution in [2.45, 2.75) is 133 Å². The van der Waals surface area contributed by atoms with Crippen LogP contribution in [0, 0.1) is 50.4 Å². The van der Waals surface area contributed by atoms with Crippen LogP contribution in [0.2, 0.25) is 0 Å². The maximum absolute atomic E-state index is 14.3. The van der Waals surface area contributed by atoms with Crippen LogP contribution in [0.3, 0.4) is 0 Å². The van der Waals surface area contributed by atoms with Crippen LogP contribution in [-0.2, 0) is 25.5 Å². The van der Waals surface area contributed by atoms with Crippen molar-refractivity contribution in [2.24, 2.45) is 29.6 Å². The molecule has 10 heteroatoms. The van der Waals surface area contributed by atoms with E-state index in [9.17, 15) is 14.4 Å². The summed E-state index contributed by atoms with van der Waals surface area (Å²) in [4.78, 5) is 56.5. The fourth-order valence-corrected chi connectivity index (χ4v) is 9.70. The number of carbonyl (C=O) groups is 3. The number of carbonyl (C=O) groups excluding carboxylic acids is 3. The number of nitrogens with zero attached hydrogens (tertiary/aromatic N) is 4. The summed E-state index contributed by atoms with van der Waals surface area (Å²) in [6, 6.07) is 0. The fourth-order valence-electron chi connectivity index (χ4n) is 9.70. The Bertz CT molecular complexity index is 2380. The Morgan fingerprint density at radius 2 is 1.55 bits per heavy atom. The van der Waals surface area contributed by atoms with Gasteiger partial charge in [-0.25, -0.2) is 0 Å². The van der Waals surface area contributed by atoms with Gasteiger partial charge in [0.15, 0.2) is 5.78 Å². The summed E-state index contributed by atoms with van der Waals surface area (Å²) < 4.78 is 11.0. The van der Waals surface area contributed by atoms with Crippen molar-refractivity contribution in [3.05, 3.63) is 102 Å². The molecule has 0 N–H and O–H groups in total. The summed E-state index contributed by atoms with van der Waals surface area (Å²) in [5, 5.41) is 6.83. The molecule has 6 rings (SSSR count). The Balaban J connectivity index is 0.00000726. The predicted octanol–water partition coefficient (Wildman–Crippen LogP) is 9.34. The second-order valence-electron chi connectivity index (χ2n) is 17.9. The van der Waals surface area contributed by atoms with Crippen LogP contribution in [0.4, 0.5) is 0 Å². The van der Waals surface area contributed by atoms with E-state index in [0.29, 0.717) is 40.2 Å². The van der Waals surface area contributed by atoms with Crippen LogP contribution in [0.5, 0.6) is 0 Å². The van der Waals surface area contributed by atoms with Crippen LogP contribution in [0.25, 0.3) is 35.2 Å². The number of esters is 2. The Labute approximate surface area is 385 Å². The van der Waals surface area contributed by atoms with E-state index in [0.717, 1.165) is 81.1 Å². The van der Waals surface area contributed by atoms with Gasteiger partial charge in [-0.3, -0.25) is 14.4 Å². The van der Waals surface area contributed by atoms with Crippen molar-refractivity contribution >= 4 is 70.7 Å². The smallest absolute Gasteiger partial charge is 0.664 e. The number of methoxy groups -OCH3 is 1. The molecule has 8 bridgehead atoms. The van der Waals surface area contributed by atoms with Gasteiger partial charge >= 0.3 is 35.0 Å². The van der Waals surface area contributed by atoms with Gasteiger partial charge in [-0.2, -0.15) is 11.4 Å². The van der Waals surface area contributed by atoms with E-state index in [1.807, 2.05) is 44.2 Å². The molecule has 5 atom stereocenters. The third-order valence-electron chi connectivity index (χ3n) is 13.5. The minimum atomic E-state index is -1.22. The molecular formula is C52H66MgN4O5-2. The average molecular weight is 851 g/mol. The first kappa shape index (κ1) is 48.7. The Kier molecular flexibility index (Phi) is 16.8. The van der Waals surface area contributed by atoms with Crippen molar-refractivity contribution in [2.75, 3.05) is 13.7 Å². The van der Waals surface area contributed by atoms with Gasteiger partial charge in [0.1, 0.15) is 12.5 Å². The van der Waals surface area contributed by atoms with Gasteiger partial charge in [-0.15, -0.1) is 33.5 Å². The number of hydrogen-bond acceptors (Lipinski definition) is 5. The molecule has 9 nitrogen and oxygen atoms in total. The molecule has 0 amide bonds. The molecule has 0 unspecified atom stereocenters. The van der Waals surface area contributed by atoms with E-state index in [2.05, 4.69) is 55.0 Å². The van der Waals surface area contributed by atoms with Gasteiger partial charge in [-0.1, -0.05) is 137 Å². The number of hydrogen-bond donors (Lipinski definition) is 0. The standard InChI is InChI=1S/C52H67N4O5.Mg/c1-12-17-29(4)18-15-19-30(5)20-16-21-31(6)24-25-61-45(57)23-22-38-34(9)41-26-39-32(7)36(13-2)43(53-39)27-40-33(8)37(14-3)44(54-40)28-42-35(10)46-50(56-42)47(49(38)55-41)48(51(46)58)52(59)60-11;/h13,24,26-30,34,38,48H,2,12,14-23,25H2,1,3-11H3,(H-,55,56,58);/q-3;+2/p-1/b31-24-,40-27-,41-26-,44-28-;/t29-,30-,34+,38+,48-;/m1./s1. The first-order chi connectivity index (χ1) is 29.2. The van der Waals surface area contributed by atoms with Gasteiger partial charge in [0, 0.05) is 12.0 Å². The second kappa shape index (κ2) is 21.4. The molecule has 1 aliphatic carbocycles. The summed E-state index contributed by atoms with van der Waals surface area (Å²) in [5.74, 6) is -1.49. The first-order valence-electron chi connectivity index (χ1n) is 22.7. The predicted molar refractivity (Wildman–Crippen MR) is 251 cm³/mol. The summed E-state index contributed by atoms with van der Waals surface area (Å²) >= 11 is 0. The minimum absolute atomic E-state index is 0. The van der Waals surface area contributed by atoms with Crippen LogP contribution in [-0.4, -0.2) is 54.5 Å². The van der Waals surface area contributed by atoms with E-state index in [-0.39, 0.29) is 59.7 Å². The third-order valence-corrected chi connectivity index (χ3v) is 13.5. The number of rotatable bonds is 18. The Hall–Kier alpha value is -4.28. The van der Waals surface area contributed by atoms with Crippen LogP contribution < -0.4 is 25.7 Å². The zero-order valence-electron chi connectivity index (χ0n) is 39.0. The monoisotopic (exact) mass is 850 g/mol. The number of fused-ring (bicyclic) bond motifs is 7. The maximum Gasteiger partial charge on any atom is 2.00 e. The number of allylic oxidation sites excluding steroid dienone is 3. The molecule has 328 valence electrons. The summed E-state index contributed by atoms with van der Waals surface area (Å²) in [6.45, 7) is 23.6. The molecule has 1 fully saturated rings. The molecule has 3 aromatic heterocycles. The molecule has 5 heterocycles. The topological polar surface area (TPSA) is 126 Å². The normalized spacial score (nSPS) is 22.0. The zero-order valence-corrected chi connectivity index (χ0v) is 40.4. The molecule has 0 radical (unpaired) electrons. The summed E-state index contributed by atoms with van der Waals surface area (Å²) in [5.41, 5.74) is 10.7. The fraction of sp³-hybridized carbons (Fsp3) is 0.519. The van der Waals surface area contributed by atoms with Crippen molar-refractivity contribution in [3.63, 3.8) is 0 Å². The van der Waals surface area contributed by atoms with Gasteiger partial charge in [0.2, 0.25) is 0 Å². The van der Waals surface area contributed by atoms with Crippen molar-refractivity contribution in [1.82, 2.24) is 15.0 Å². The molecule has 3 aliphatic rings. The zero-order chi connectivity index (χ0) is 44.1. The second-order valence-corrected chi connectivity index (χ2v) is 17.9. The van der Waals surface area contributed by atoms with E-state index < -0.39 is 11.9 Å². The number of aromatic nitrogens is 3. The van der Waals surface area contributed by atoms with E-state index >= 15 is 0 Å². The summed E-state index contributed by atoms with van der Waals surface area (Å²) in [6.07, 6.45) is 20.9. The Morgan fingerprint density at radius 1 is 0.871 bits per heavy atom. The SMILES string of the molecule is C=Cc1c2[n-]c(c1C)/C=C1\[N-]/C(=C3\c4[n-]c(c(C)c4C(=O)[C@@H]3C(=O)OC)/C=c3\[n-]/c(c(C)c3CC)=C\2)[C@@H](CCC(=O)OC/C=C(/C)CCC[C@H](C)CCC[C@H](C)CCC)[C@@H]1C.[Mg+2]. The van der Waals surface area contributed by atoms with Crippen LogP contribution in [0.1, 0.15) is 167 Å². The molecule has 2 aliphatic heterocycles. The maximum atomic E-state index is 14.3. The molecular weight excluding hydrogens is 785 g/mol. The number of Topliss-reactive ketones (excluding diaryl/α,β-unsaturated/α-hetero) is 1. The number of ether oxygens (including phenoxy) is 2. The van der Waals surface area contributed by atoms with E-state index in [4.69, 9.17) is 29.7 Å². The molecule has 1 saturated heterocycles. The van der Waals surface area contributed by atoms with Crippen LogP contribution in [0.15, 0.2) is 29.6 Å². The van der Waals surface area contributed by atoms with Crippen LogP contribution >= 0.6 is 0 Å². The number of ketones is 1. The third kappa shape index (κ3) is 10.2. The molecule has 0 saturated carbocycles. The van der Waals surface area contributed by atoms with Crippen molar-refractivity contribution in [3.8, 4) is 0 Å². The molecule has 62 heavy (non-hydrogen) atoms. The average Bonchev–Trinajstić information content (AvgIpc) is 3.97.